The number of sulfone groups is 1. The van der Waals surface area contributed by atoms with Crippen LogP contribution in [-0.2, 0) is 21.1 Å². The van der Waals surface area contributed by atoms with Crippen LogP contribution in [0.25, 0.3) is 11.1 Å². The molecule has 0 radical (unpaired) electrons. The molecule has 1 N–H and O–H groups in total. The Labute approximate surface area is 196 Å². The Balaban J connectivity index is 1.29. The lowest BCUT2D eigenvalue weighted by Crippen LogP contribution is -2.49. The van der Waals surface area contributed by atoms with Gasteiger partial charge in [-0.1, -0.05) is 0 Å². The van der Waals surface area contributed by atoms with E-state index in [4.69, 9.17) is 4.42 Å². The molecule has 9 nitrogen and oxygen atoms in total. The Morgan fingerprint density at radius 2 is 1.94 bits per heavy atom. The van der Waals surface area contributed by atoms with Crippen molar-refractivity contribution in [3.63, 3.8) is 0 Å². The second kappa shape index (κ2) is 8.23. The van der Waals surface area contributed by atoms with E-state index in [1.54, 1.807) is 11.2 Å². The minimum atomic E-state index is -3.59. The number of nitrogens with zero attached hydrogens (tertiary/aromatic N) is 4. The molecule has 0 bridgehead atoms. The topological polar surface area (TPSA) is 109 Å². The first kappa shape index (κ1) is 22.6. The van der Waals surface area contributed by atoms with Crippen molar-refractivity contribution >= 4 is 38.3 Å². The summed E-state index contributed by atoms with van der Waals surface area (Å²) < 4.78 is 43.5. The minimum Gasteiger partial charge on any atom is -0.446 e. The Hall–Kier alpha value is -3.21. The van der Waals surface area contributed by atoms with Crippen LogP contribution in [0.5, 0.6) is 0 Å². The van der Waals surface area contributed by atoms with Gasteiger partial charge in [0, 0.05) is 43.5 Å². The fourth-order valence-corrected chi connectivity index (χ4v) is 5.18. The lowest BCUT2D eigenvalue weighted by Gasteiger charge is -2.36. The molecule has 1 amide bonds. The van der Waals surface area contributed by atoms with Crippen LogP contribution in [0, 0.1) is 5.82 Å². The van der Waals surface area contributed by atoms with Crippen molar-refractivity contribution < 1.29 is 22.0 Å². The molecular formula is C23H26FN5O4S. The average molecular weight is 488 g/mol. The van der Waals surface area contributed by atoms with Gasteiger partial charge in [-0.05, 0) is 38.0 Å². The summed E-state index contributed by atoms with van der Waals surface area (Å²) in [5.41, 5.74) is 1.64. The zero-order valence-electron chi connectivity index (χ0n) is 19.0. The van der Waals surface area contributed by atoms with E-state index in [1.807, 2.05) is 4.90 Å². The normalized spacial score (nSPS) is 17.7. The van der Waals surface area contributed by atoms with Crippen molar-refractivity contribution in [2.45, 2.75) is 36.6 Å². The summed E-state index contributed by atoms with van der Waals surface area (Å²) in [5, 5.41) is 4.17. The molecule has 3 heterocycles. The fraction of sp³-hybridized carbons (Fsp3) is 0.435. The first-order valence-corrected chi connectivity index (χ1v) is 13.0. The highest BCUT2D eigenvalue weighted by atomic mass is 32.2. The van der Waals surface area contributed by atoms with Gasteiger partial charge in [0.15, 0.2) is 9.84 Å². The molecule has 11 heteroatoms. The summed E-state index contributed by atoms with van der Waals surface area (Å²) in [4.78, 5) is 25.2. The maximum absolute atomic E-state index is 13.7. The molecule has 1 aliphatic heterocycles. The highest BCUT2D eigenvalue weighted by Crippen LogP contribution is 2.39. The fourth-order valence-electron chi connectivity index (χ4n) is 4.27. The zero-order chi connectivity index (χ0) is 24.1. The molecule has 2 aliphatic rings. The third-order valence-electron chi connectivity index (χ3n) is 6.50. The molecule has 180 valence electrons. The number of carbonyl (C=O) groups excluding carboxylic acids is 1. The summed E-state index contributed by atoms with van der Waals surface area (Å²) >= 11 is 0. The Kier molecular flexibility index (Phi) is 5.46. The lowest BCUT2D eigenvalue weighted by molar-refractivity contribution is -0.130. The first-order valence-electron chi connectivity index (χ1n) is 11.1. The first-order chi connectivity index (χ1) is 16.1. The lowest BCUT2D eigenvalue weighted by atomic mass is 10.1. The molecule has 0 unspecified atom stereocenters. The molecule has 5 rings (SSSR count). The van der Waals surface area contributed by atoms with Crippen molar-refractivity contribution in [3.05, 3.63) is 42.2 Å². The maximum atomic E-state index is 13.7. The molecule has 2 fully saturated rings. The number of piperazine rings is 1. The molecule has 3 aromatic rings. The standard InChI is InChI=1S/C23H26FN5O4S/c1-23(5-6-23)27-21-20-15(13-33-22(20)26-14-25-21)11-19(30)29-9-7-28(8-10-29)17-4-3-16(24)12-18(17)34(2,31)32/h3-4,12-14H,5-11H2,1-2H3,(H,25,26,27). The summed E-state index contributed by atoms with van der Waals surface area (Å²) in [7, 11) is -3.59. The molecule has 34 heavy (non-hydrogen) atoms. The van der Waals surface area contributed by atoms with Crippen molar-refractivity contribution in [3.8, 4) is 0 Å². The van der Waals surface area contributed by atoms with E-state index in [9.17, 15) is 17.6 Å². The average Bonchev–Trinajstić information content (AvgIpc) is 3.38. The van der Waals surface area contributed by atoms with E-state index in [1.165, 1.54) is 18.5 Å². The Bertz CT molecular complexity index is 1360. The number of furan rings is 1. The monoisotopic (exact) mass is 487 g/mol. The minimum absolute atomic E-state index is 0.0152. The van der Waals surface area contributed by atoms with Gasteiger partial charge in [-0.15, -0.1) is 0 Å². The molecule has 1 saturated carbocycles. The molecule has 2 aromatic heterocycles. The molecule has 0 spiro atoms. The smallest absolute Gasteiger partial charge is 0.231 e. The Morgan fingerprint density at radius 3 is 2.62 bits per heavy atom. The number of anilines is 2. The summed E-state index contributed by atoms with van der Waals surface area (Å²) in [6.45, 7) is 3.87. The number of carbonyl (C=O) groups is 1. The van der Waals surface area contributed by atoms with E-state index in [-0.39, 0.29) is 22.8 Å². The molecule has 1 aliphatic carbocycles. The van der Waals surface area contributed by atoms with E-state index >= 15 is 0 Å². The van der Waals surface area contributed by atoms with Gasteiger partial charge in [-0.25, -0.2) is 22.8 Å². The quantitative estimate of drug-likeness (QED) is 0.565. The number of amides is 1. The van der Waals surface area contributed by atoms with E-state index in [0.29, 0.717) is 43.4 Å². The van der Waals surface area contributed by atoms with Crippen LogP contribution >= 0.6 is 0 Å². The number of hydrogen-bond donors (Lipinski definition) is 1. The number of halogens is 1. The largest absolute Gasteiger partial charge is 0.446 e. The number of rotatable bonds is 6. The number of hydrogen-bond acceptors (Lipinski definition) is 8. The van der Waals surface area contributed by atoms with Crippen molar-refractivity contribution in [1.82, 2.24) is 14.9 Å². The molecule has 1 saturated heterocycles. The van der Waals surface area contributed by atoms with Gasteiger partial charge in [0.1, 0.15) is 18.0 Å². The van der Waals surface area contributed by atoms with Crippen LogP contribution in [-0.4, -0.2) is 67.2 Å². The maximum Gasteiger partial charge on any atom is 0.231 e. The third-order valence-corrected chi connectivity index (χ3v) is 7.63. The highest BCUT2D eigenvalue weighted by molar-refractivity contribution is 7.90. The van der Waals surface area contributed by atoms with Crippen molar-refractivity contribution in [1.29, 1.82) is 0 Å². The highest BCUT2D eigenvalue weighted by Gasteiger charge is 2.38. The van der Waals surface area contributed by atoms with Gasteiger partial charge in [-0.2, -0.15) is 0 Å². The van der Waals surface area contributed by atoms with Crippen LogP contribution in [0.2, 0.25) is 0 Å². The van der Waals surface area contributed by atoms with Crippen LogP contribution in [0.15, 0.2) is 40.1 Å². The number of nitrogens with one attached hydrogen (secondary N) is 1. The second-order valence-corrected chi connectivity index (χ2v) is 11.3. The third kappa shape index (κ3) is 4.44. The predicted molar refractivity (Wildman–Crippen MR) is 125 cm³/mol. The van der Waals surface area contributed by atoms with Crippen LogP contribution in [0.1, 0.15) is 25.3 Å². The molecule has 1 aromatic carbocycles. The van der Waals surface area contributed by atoms with Gasteiger partial charge in [0.2, 0.25) is 11.6 Å². The van der Waals surface area contributed by atoms with Gasteiger partial charge in [-0.3, -0.25) is 4.79 Å². The van der Waals surface area contributed by atoms with Crippen LogP contribution in [0.4, 0.5) is 15.9 Å². The van der Waals surface area contributed by atoms with Gasteiger partial charge < -0.3 is 19.5 Å². The number of benzene rings is 1. The van der Waals surface area contributed by atoms with Crippen LogP contribution in [0.3, 0.4) is 0 Å². The predicted octanol–water partition coefficient (Wildman–Crippen LogP) is 2.62. The van der Waals surface area contributed by atoms with E-state index in [2.05, 4.69) is 22.2 Å². The van der Waals surface area contributed by atoms with Gasteiger partial charge >= 0.3 is 0 Å². The second-order valence-electron chi connectivity index (χ2n) is 9.28. The molecular weight excluding hydrogens is 461 g/mol. The van der Waals surface area contributed by atoms with Crippen molar-refractivity contribution in [2.24, 2.45) is 0 Å². The van der Waals surface area contributed by atoms with Gasteiger partial charge in [0.25, 0.3) is 0 Å². The van der Waals surface area contributed by atoms with Crippen molar-refractivity contribution in [2.75, 3.05) is 42.7 Å². The van der Waals surface area contributed by atoms with Crippen LogP contribution < -0.4 is 10.2 Å². The zero-order valence-corrected chi connectivity index (χ0v) is 19.9. The summed E-state index contributed by atoms with van der Waals surface area (Å²) in [6, 6.07) is 3.78. The summed E-state index contributed by atoms with van der Waals surface area (Å²) in [6.07, 6.45) is 6.34. The number of fused-ring (bicyclic) bond motifs is 1. The molecule has 0 atom stereocenters. The van der Waals surface area contributed by atoms with E-state index in [0.717, 1.165) is 36.1 Å². The Morgan fingerprint density at radius 1 is 1.21 bits per heavy atom. The van der Waals surface area contributed by atoms with Gasteiger partial charge in [0.05, 0.1) is 28.7 Å². The SMILES string of the molecule is CC1(Nc2ncnc3occ(CC(=O)N4CCN(c5ccc(F)cc5S(C)(=O)=O)CC4)c23)CC1. The van der Waals surface area contributed by atoms with E-state index < -0.39 is 15.7 Å². The summed E-state index contributed by atoms with van der Waals surface area (Å²) in [5.74, 6) is 0.0204. The number of aromatic nitrogens is 2.